The molecule has 1 fully saturated rings. The number of amides is 1. The molecule has 2 aliphatic rings. The first-order valence-corrected chi connectivity index (χ1v) is 7.99. The SMILES string of the molecule is O=C(NCC1CCCCC1Cl)c1ccc2c(c1)OCCO2. The van der Waals surface area contributed by atoms with Crippen molar-refractivity contribution in [1.82, 2.24) is 5.32 Å². The summed E-state index contributed by atoms with van der Waals surface area (Å²) in [6.07, 6.45) is 4.54. The third-order valence-electron chi connectivity index (χ3n) is 4.15. The van der Waals surface area contributed by atoms with Crippen LogP contribution in [0.5, 0.6) is 11.5 Å². The van der Waals surface area contributed by atoms with Gasteiger partial charge in [-0.3, -0.25) is 4.79 Å². The maximum absolute atomic E-state index is 12.2. The molecule has 0 aromatic heterocycles. The minimum Gasteiger partial charge on any atom is -0.486 e. The smallest absolute Gasteiger partial charge is 0.251 e. The van der Waals surface area contributed by atoms with Crippen LogP contribution in [-0.2, 0) is 0 Å². The average molecular weight is 310 g/mol. The van der Waals surface area contributed by atoms with E-state index in [2.05, 4.69) is 5.32 Å². The highest BCUT2D eigenvalue weighted by molar-refractivity contribution is 6.20. The van der Waals surface area contributed by atoms with Crippen LogP contribution in [0.15, 0.2) is 18.2 Å². The van der Waals surface area contributed by atoms with E-state index >= 15 is 0 Å². The Bertz CT molecular complexity index is 520. The fraction of sp³-hybridized carbons (Fsp3) is 0.562. The molecule has 4 nitrogen and oxygen atoms in total. The fourth-order valence-corrected chi connectivity index (χ4v) is 3.27. The fourth-order valence-electron chi connectivity index (χ4n) is 2.90. The molecule has 3 rings (SSSR count). The first kappa shape index (κ1) is 14.5. The minimum atomic E-state index is -0.0820. The van der Waals surface area contributed by atoms with Crippen LogP contribution in [0.3, 0.4) is 0 Å². The molecule has 1 aliphatic heterocycles. The summed E-state index contributed by atoms with van der Waals surface area (Å²) in [6.45, 7) is 1.72. The molecule has 1 N–H and O–H groups in total. The van der Waals surface area contributed by atoms with Crippen molar-refractivity contribution in [2.24, 2.45) is 5.92 Å². The Morgan fingerprint density at radius 2 is 1.95 bits per heavy atom. The average Bonchev–Trinajstić information content (AvgIpc) is 2.53. The summed E-state index contributed by atoms with van der Waals surface area (Å²) < 4.78 is 11.0. The van der Waals surface area contributed by atoms with Crippen LogP contribution in [0.25, 0.3) is 0 Å². The Morgan fingerprint density at radius 1 is 1.19 bits per heavy atom. The quantitative estimate of drug-likeness (QED) is 0.873. The summed E-state index contributed by atoms with van der Waals surface area (Å²) in [6, 6.07) is 5.29. The van der Waals surface area contributed by atoms with Crippen molar-refractivity contribution >= 4 is 17.5 Å². The van der Waals surface area contributed by atoms with Gasteiger partial charge in [-0.25, -0.2) is 0 Å². The lowest BCUT2D eigenvalue weighted by Crippen LogP contribution is -2.34. The van der Waals surface area contributed by atoms with E-state index in [1.54, 1.807) is 18.2 Å². The third-order valence-corrected chi connectivity index (χ3v) is 4.72. The van der Waals surface area contributed by atoms with Gasteiger partial charge < -0.3 is 14.8 Å². The predicted molar refractivity (Wildman–Crippen MR) is 81.4 cm³/mol. The summed E-state index contributed by atoms with van der Waals surface area (Å²) in [4.78, 5) is 12.2. The van der Waals surface area contributed by atoms with Crippen LogP contribution in [0.1, 0.15) is 36.0 Å². The van der Waals surface area contributed by atoms with E-state index in [-0.39, 0.29) is 11.3 Å². The number of ether oxygens (including phenoxy) is 2. The van der Waals surface area contributed by atoms with Gasteiger partial charge in [-0.2, -0.15) is 0 Å². The molecule has 0 saturated heterocycles. The van der Waals surface area contributed by atoms with Crippen LogP contribution < -0.4 is 14.8 Å². The molecule has 1 heterocycles. The molecule has 0 spiro atoms. The highest BCUT2D eigenvalue weighted by Crippen LogP contribution is 2.31. The first-order valence-electron chi connectivity index (χ1n) is 7.56. The number of nitrogens with one attached hydrogen (secondary N) is 1. The van der Waals surface area contributed by atoms with Gasteiger partial charge in [0.1, 0.15) is 13.2 Å². The molecule has 21 heavy (non-hydrogen) atoms. The second-order valence-electron chi connectivity index (χ2n) is 5.63. The van der Waals surface area contributed by atoms with Crippen molar-refractivity contribution in [2.45, 2.75) is 31.1 Å². The van der Waals surface area contributed by atoms with Gasteiger partial charge in [0.2, 0.25) is 0 Å². The number of rotatable bonds is 3. The number of hydrogen-bond acceptors (Lipinski definition) is 3. The molecule has 1 amide bonds. The Kier molecular flexibility index (Phi) is 4.54. The van der Waals surface area contributed by atoms with Gasteiger partial charge in [-0.05, 0) is 37.0 Å². The van der Waals surface area contributed by atoms with Crippen LogP contribution in [-0.4, -0.2) is 31.0 Å². The molecule has 1 aromatic rings. The van der Waals surface area contributed by atoms with E-state index in [0.717, 1.165) is 12.8 Å². The Balaban J connectivity index is 1.60. The van der Waals surface area contributed by atoms with E-state index in [9.17, 15) is 4.79 Å². The molecule has 2 atom stereocenters. The lowest BCUT2D eigenvalue weighted by Gasteiger charge is -2.27. The first-order chi connectivity index (χ1) is 10.2. The number of fused-ring (bicyclic) bond motifs is 1. The molecule has 5 heteroatoms. The number of hydrogen-bond donors (Lipinski definition) is 1. The number of carbonyl (C=O) groups is 1. The third kappa shape index (κ3) is 3.43. The molecule has 114 valence electrons. The lowest BCUT2D eigenvalue weighted by atomic mass is 9.88. The summed E-state index contributed by atoms with van der Waals surface area (Å²) in [5.41, 5.74) is 0.598. The minimum absolute atomic E-state index is 0.0820. The molecular formula is C16H20ClNO3. The Morgan fingerprint density at radius 3 is 2.76 bits per heavy atom. The zero-order valence-electron chi connectivity index (χ0n) is 11.9. The van der Waals surface area contributed by atoms with Crippen LogP contribution in [0, 0.1) is 5.92 Å². The lowest BCUT2D eigenvalue weighted by molar-refractivity contribution is 0.0943. The normalized spacial score (nSPS) is 24.4. The van der Waals surface area contributed by atoms with Crippen molar-refractivity contribution < 1.29 is 14.3 Å². The highest BCUT2D eigenvalue weighted by Gasteiger charge is 2.24. The number of halogens is 1. The van der Waals surface area contributed by atoms with Crippen molar-refractivity contribution in [1.29, 1.82) is 0 Å². The second-order valence-corrected chi connectivity index (χ2v) is 6.19. The van der Waals surface area contributed by atoms with Crippen LogP contribution in [0.2, 0.25) is 0 Å². The number of benzene rings is 1. The van der Waals surface area contributed by atoms with E-state index in [4.69, 9.17) is 21.1 Å². The maximum atomic E-state index is 12.2. The number of carbonyl (C=O) groups excluding carboxylic acids is 1. The summed E-state index contributed by atoms with van der Waals surface area (Å²) in [5.74, 6) is 1.63. The zero-order valence-corrected chi connectivity index (χ0v) is 12.7. The van der Waals surface area contributed by atoms with E-state index in [0.29, 0.717) is 42.7 Å². The molecule has 1 aliphatic carbocycles. The molecule has 2 unspecified atom stereocenters. The van der Waals surface area contributed by atoms with Gasteiger partial charge in [-0.15, -0.1) is 11.6 Å². The van der Waals surface area contributed by atoms with Crippen molar-refractivity contribution in [3.8, 4) is 11.5 Å². The van der Waals surface area contributed by atoms with Crippen molar-refractivity contribution in [3.63, 3.8) is 0 Å². The Labute approximate surface area is 129 Å². The molecular weight excluding hydrogens is 290 g/mol. The molecule has 0 radical (unpaired) electrons. The largest absolute Gasteiger partial charge is 0.486 e. The summed E-state index contributed by atoms with van der Waals surface area (Å²) in [7, 11) is 0. The van der Waals surface area contributed by atoms with Gasteiger partial charge in [0.05, 0.1) is 0 Å². The highest BCUT2D eigenvalue weighted by atomic mass is 35.5. The van der Waals surface area contributed by atoms with Crippen LogP contribution in [0.4, 0.5) is 0 Å². The molecule has 0 bridgehead atoms. The topological polar surface area (TPSA) is 47.6 Å². The standard InChI is InChI=1S/C16H20ClNO3/c17-13-4-2-1-3-12(13)10-18-16(19)11-5-6-14-15(9-11)21-8-7-20-14/h5-6,9,12-13H,1-4,7-8,10H2,(H,18,19). The van der Waals surface area contributed by atoms with Gasteiger partial charge in [0.25, 0.3) is 5.91 Å². The van der Waals surface area contributed by atoms with Crippen molar-refractivity contribution in [2.75, 3.05) is 19.8 Å². The Hall–Kier alpha value is -1.42. The van der Waals surface area contributed by atoms with E-state index in [1.165, 1.54) is 12.8 Å². The van der Waals surface area contributed by atoms with Gasteiger partial charge in [0, 0.05) is 17.5 Å². The van der Waals surface area contributed by atoms with Gasteiger partial charge in [0.15, 0.2) is 11.5 Å². The van der Waals surface area contributed by atoms with E-state index < -0.39 is 0 Å². The molecule has 1 saturated carbocycles. The zero-order chi connectivity index (χ0) is 14.7. The molecule has 1 aromatic carbocycles. The van der Waals surface area contributed by atoms with Gasteiger partial charge >= 0.3 is 0 Å². The second kappa shape index (κ2) is 6.56. The number of alkyl halides is 1. The maximum Gasteiger partial charge on any atom is 0.251 e. The predicted octanol–water partition coefficient (Wildman–Crippen LogP) is 2.99. The summed E-state index contributed by atoms with van der Waals surface area (Å²) in [5, 5.41) is 3.17. The summed E-state index contributed by atoms with van der Waals surface area (Å²) >= 11 is 6.32. The van der Waals surface area contributed by atoms with E-state index in [1.807, 2.05) is 0 Å². The van der Waals surface area contributed by atoms with Crippen LogP contribution >= 0.6 is 11.6 Å². The van der Waals surface area contributed by atoms with Gasteiger partial charge in [-0.1, -0.05) is 12.8 Å². The van der Waals surface area contributed by atoms with Crippen molar-refractivity contribution in [3.05, 3.63) is 23.8 Å². The monoisotopic (exact) mass is 309 g/mol.